The number of benzene rings is 2. The van der Waals surface area contributed by atoms with Gasteiger partial charge in [-0.05, 0) is 60.2 Å². The maximum absolute atomic E-state index is 13.9. The lowest BCUT2D eigenvalue weighted by Crippen LogP contribution is -2.29. The molecule has 252 valence electrons. The Labute approximate surface area is 272 Å². The number of nitrogens with one attached hydrogen (secondary N) is 1. The van der Waals surface area contributed by atoms with Gasteiger partial charge >= 0.3 is 18.6 Å². The number of carbonyl (C=O) groups is 3. The molecule has 16 heteroatoms. The molecule has 47 heavy (non-hydrogen) atoms. The fourth-order valence-electron chi connectivity index (χ4n) is 4.76. The Balaban J connectivity index is 0.000000435. The first kappa shape index (κ1) is 38.2. The van der Waals surface area contributed by atoms with Crippen LogP contribution in [0.15, 0.2) is 55.3 Å². The fraction of sp³-hybridized carbons (Fsp3) is 0.258. The standard InChI is InChI=1S/C22H19FN4O5.C8H8F3NO.CH4.ClH/c1-3-8-32-22(31)13-4-5-14-12(11(13)2)6-7-16(14)26-20(28)18-9-17(21(29)30)25-19-15(23)10-24-27(18)19;9-6-2-1-5(4-12)3-7(6)13-8(10)11;;/h3-5,9-10,16H,1,6-8H2,2H3,(H,26,28)(H,29,30);1-3,8H,4,12H2;1H4;1H/t16-;;;/m0.../s1. The maximum Gasteiger partial charge on any atom is 0.387 e. The van der Waals surface area contributed by atoms with Gasteiger partial charge in [0.15, 0.2) is 28.7 Å². The van der Waals surface area contributed by atoms with E-state index in [0.717, 1.165) is 45.6 Å². The number of ether oxygens (including phenoxy) is 2. The van der Waals surface area contributed by atoms with Crippen LogP contribution in [0.25, 0.3) is 5.65 Å². The minimum Gasteiger partial charge on any atom is -0.477 e. The minimum absolute atomic E-state index is 0. The third-order valence-corrected chi connectivity index (χ3v) is 6.88. The number of hydrogen-bond acceptors (Lipinski definition) is 8. The average molecular weight is 682 g/mol. The molecular formula is C31H32ClF4N5O6. The number of esters is 1. The van der Waals surface area contributed by atoms with E-state index in [2.05, 4.69) is 26.7 Å². The molecule has 0 radical (unpaired) electrons. The van der Waals surface area contributed by atoms with Crippen LogP contribution < -0.4 is 15.8 Å². The van der Waals surface area contributed by atoms with Crippen molar-refractivity contribution in [1.82, 2.24) is 19.9 Å². The van der Waals surface area contributed by atoms with Crippen LogP contribution in [0, 0.1) is 18.6 Å². The number of amides is 1. The van der Waals surface area contributed by atoms with E-state index in [0.29, 0.717) is 24.0 Å². The largest absolute Gasteiger partial charge is 0.477 e. The molecule has 0 unspecified atom stereocenters. The van der Waals surface area contributed by atoms with Gasteiger partial charge in [0.05, 0.1) is 17.8 Å². The van der Waals surface area contributed by atoms with Crippen LogP contribution in [-0.4, -0.2) is 50.8 Å². The van der Waals surface area contributed by atoms with Gasteiger partial charge in [-0.15, -0.1) is 12.4 Å². The van der Waals surface area contributed by atoms with Crippen LogP contribution in [0.2, 0.25) is 0 Å². The van der Waals surface area contributed by atoms with Crippen molar-refractivity contribution >= 4 is 35.9 Å². The van der Waals surface area contributed by atoms with Gasteiger partial charge in [0.25, 0.3) is 5.91 Å². The van der Waals surface area contributed by atoms with Gasteiger partial charge in [0.1, 0.15) is 12.3 Å². The highest BCUT2D eigenvalue weighted by atomic mass is 35.5. The van der Waals surface area contributed by atoms with Crippen molar-refractivity contribution < 1.29 is 46.5 Å². The molecule has 4 aromatic rings. The predicted octanol–water partition coefficient (Wildman–Crippen LogP) is 5.58. The van der Waals surface area contributed by atoms with Gasteiger partial charge in [-0.1, -0.05) is 32.2 Å². The second-order valence-electron chi connectivity index (χ2n) is 9.66. The van der Waals surface area contributed by atoms with Gasteiger partial charge in [0.2, 0.25) is 0 Å². The number of carboxylic acid groups (broad SMARTS) is 1. The monoisotopic (exact) mass is 681 g/mol. The molecule has 2 aromatic carbocycles. The van der Waals surface area contributed by atoms with Crippen molar-refractivity contribution in [3.63, 3.8) is 0 Å². The molecule has 2 aromatic heterocycles. The highest BCUT2D eigenvalue weighted by Crippen LogP contribution is 2.35. The summed E-state index contributed by atoms with van der Waals surface area (Å²) in [5.41, 5.74) is 7.84. The average Bonchev–Trinajstić information content (AvgIpc) is 3.60. The van der Waals surface area contributed by atoms with Crippen LogP contribution in [0.4, 0.5) is 17.6 Å². The lowest BCUT2D eigenvalue weighted by molar-refractivity contribution is -0.0522. The molecule has 1 aliphatic rings. The SMILES string of the molecule is C.C=CCOC(=O)c1ccc2c(c1C)CC[C@@H]2NC(=O)c1cc(C(=O)O)nc2c(F)cnn12.Cl.NCc1ccc(F)c(OC(F)F)c1. The number of nitrogens with zero attached hydrogens (tertiary/aromatic N) is 3. The summed E-state index contributed by atoms with van der Waals surface area (Å²) >= 11 is 0. The predicted molar refractivity (Wildman–Crippen MR) is 165 cm³/mol. The molecule has 0 saturated heterocycles. The van der Waals surface area contributed by atoms with E-state index >= 15 is 0 Å². The van der Waals surface area contributed by atoms with Gasteiger partial charge < -0.3 is 25.6 Å². The van der Waals surface area contributed by atoms with E-state index in [1.165, 1.54) is 12.1 Å². The quantitative estimate of drug-likeness (QED) is 0.117. The number of fused-ring (bicyclic) bond motifs is 2. The first-order valence-electron chi connectivity index (χ1n) is 13.4. The van der Waals surface area contributed by atoms with E-state index in [-0.39, 0.29) is 50.4 Å². The highest BCUT2D eigenvalue weighted by molar-refractivity contribution is 5.96. The molecule has 0 spiro atoms. The van der Waals surface area contributed by atoms with Crippen LogP contribution in [0.1, 0.15) is 73.5 Å². The first-order chi connectivity index (χ1) is 21.4. The number of carboxylic acids is 1. The molecule has 0 saturated carbocycles. The molecule has 1 amide bonds. The number of aromatic carboxylic acids is 1. The van der Waals surface area contributed by atoms with Gasteiger partial charge in [-0.3, -0.25) is 4.79 Å². The van der Waals surface area contributed by atoms with E-state index in [1.807, 2.05) is 6.92 Å². The van der Waals surface area contributed by atoms with Crippen molar-refractivity contribution in [2.45, 2.75) is 46.4 Å². The Morgan fingerprint density at radius 1 is 1.19 bits per heavy atom. The number of alkyl halides is 2. The Bertz CT molecular complexity index is 1790. The summed E-state index contributed by atoms with van der Waals surface area (Å²) in [6, 6.07) is 7.71. The molecule has 2 heterocycles. The topological polar surface area (TPSA) is 158 Å². The van der Waals surface area contributed by atoms with E-state index in [4.69, 9.17) is 10.5 Å². The van der Waals surface area contributed by atoms with Crippen molar-refractivity contribution in [3.05, 3.63) is 106 Å². The van der Waals surface area contributed by atoms with Crippen molar-refractivity contribution in [1.29, 1.82) is 0 Å². The number of aromatic nitrogens is 3. The van der Waals surface area contributed by atoms with Gasteiger partial charge in [0, 0.05) is 12.6 Å². The smallest absolute Gasteiger partial charge is 0.387 e. The van der Waals surface area contributed by atoms with Crippen LogP contribution >= 0.6 is 12.4 Å². The Hall–Kier alpha value is -5.02. The van der Waals surface area contributed by atoms with Crippen molar-refractivity contribution in [2.75, 3.05) is 6.61 Å². The zero-order chi connectivity index (χ0) is 32.8. The summed E-state index contributed by atoms with van der Waals surface area (Å²) in [6.45, 7) is 2.59. The van der Waals surface area contributed by atoms with Gasteiger partial charge in [-0.2, -0.15) is 13.9 Å². The van der Waals surface area contributed by atoms with E-state index < -0.39 is 47.5 Å². The fourth-order valence-corrected chi connectivity index (χ4v) is 4.76. The summed E-state index contributed by atoms with van der Waals surface area (Å²) in [5.74, 6) is -4.58. The summed E-state index contributed by atoms with van der Waals surface area (Å²) in [7, 11) is 0. The Kier molecular flexibility index (Phi) is 13.4. The normalized spacial score (nSPS) is 13.0. The molecule has 11 nitrogen and oxygen atoms in total. The number of hydrogen-bond donors (Lipinski definition) is 3. The molecule has 4 N–H and O–H groups in total. The van der Waals surface area contributed by atoms with Crippen molar-refractivity contribution in [2.24, 2.45) is 5.73 Å². The zero-order valence-corrected chi connectivity index (χ0v) is 25.0. The van der Waals surface area contributed by atoms with E-state index in [1.54, 1.807) is 12.1 Å². The molecular weight excluding hydrogens is 650 g/mol. The molecule has 0 aliphatic heterocycles. The number of rotatable bonds is 9. The minimum atomic E-state index is -3.03. The summed E-state index contributed by atoms with van der Waals surface area (Å²) in [5, 5.41) is 15.9. The Morgan fingerprint density at radius 3 is 2.55 bits per heavy atom. The first-order valence-corrected chi connectivity index (χ1v) is 13.4. The second-order valence-corrected chi connectivity index (χ2v) is 9.66. The summed E-state index contributed by atoms with van der Waals surface area (Å²) in [6.07, 6.45) is 3.58. The lowest BCUT2D eigenvalue weighted by atomic mass is 9.98. The number of carbonyl (C=O) groups excluding carboxylic acids is 2. The molecule has 5 rings (SSSR count). The third kappa shape index (κ3) is 8.62. The van der Waals surface area contributed by atoms with Gasteiger partial charge in [-0.25, -0.2) is 27.9 Å². The van der Waals surface area contributed by atoms with E-state index in [9.17, 15) is 37.1 Å². The van der Waals surface area contributed by atoms with Crippen molar-refractivity contribution in [3.8, 4) is 5.75 Å². The number of nitrogens with two attached hydrogens (primary N) is 1. The lowest BCUT2D eigenvalue weighted by Gasteiger charge is -2.16. The summed E-state index contributed by atoms with van der Waals surface area (Å²) < 4.78 is 60.2. The Morgan fingerprint density at radius 2 is 1.91 bits per heavy atom. The maximum atomic E-state index is 13.9. The second kappa shape index (κ2) is 16.5. The molecule has 1 atom stereocenters. The molecule has 0 fully saturated rings. The zero-order valence-electron chi connectivity index (χ0n) is 24.1. The molecule has 0 bridgehead atoms. The molecule has 1 aliphatic carbocycles. The van der Waals surface area contributed by atoms with Crippen LogP contribution in [0.3, 0.4) is 0 Å². The summed E-state index contributed by atoms with van der Waals surface area (Å²) in [4.78, 5) is 40.3. The van der Waals surface area contributed by atoms with Crippen LogP contribution in [-0.2, 0) is 17.7 Å². The van der Waals surface area contributed by atoms with Crippen LogP contribution in [0.5, 0.6) is 5.75 Å². The number of halogens is 5. The third-order valence-electron chi connectivity index (χ3n) is 6.88. The highest BCUT2D eigenvalue weighted by Gasteiger charge is 2.29.